The van der Waals surface area contributed by atoms with Gasteiger partial charge in [0.15, 0.2) is 0 Å². The summed E-state index contributed by atoms with van der Waals surface area (Å²) < 4.78 is 10.2. The average molecular weight is 304 g/mol. The third-order valence-electron chi connectivity index (χ3n) is 3.62. The SMILES string of the molecule is COc1ccc2cc([C@H](C)C(=O)OC(CO)CO)ccc2c1. The van der Waals surface area contributed by atoms with Crippen molar-refractivity contribution in [2.24, 2.45) is 0 Å². The van der Waals surface area contributed by atoms with E-state index < -0.39 is 31.2 Å². The first-order valence-corrected chi connectivity index (χ1v) is 7.09. The van der Waals surface area contributed by atoms with Crippen LogP contribution in [0, 0.1) is 0 Å². The third-order valence-corrected chi connectivity index (χ3v) is 3.62. The van der Waals surface area contributed by atoms with E-state index in [1.807, 2.05) is 36.4 Å². The summed E-state index contributed by atoms with van der Waals surface area (Å²) in [4.78, 5) is 12.0. The Morgan fingerprint density at radius 1 is 1.09 bits per heavy atom. The molecule has 0 radical (unpaired) electrons. The summed E-state index contributed by atoms with van der Waals surface area (Å²) in [5, 5.41) is 20.0. The minimum absolute atomic E-state index is 0.396. The molecule has 2 N–H and O–H groups in total. The van der Waals surface area contributed by atoms with Crippen LogP contribution in [0.25, 0.3) is 10.8 Å². The van der Waals surface area contributed by atoms with Crippen molar-refractivity contribution in [1.29, 1.82) is 0 Å². The number of ether oxygens (including phenoxy) is 2. The molecule has 0 aliphatic carbocycles. The second-order valence-electron chi connectivity index (χ2n) is 5.12. The first kappa shape index (κ1) is 16.3. The number of esters is 1. The second kappa shape index (κ2) is 7.24. The van der Waals surface area contributed by atoms with Gasteiger partial charge in [-0.05, 0) is 35.4 Å². The smallest absolute Gasteiger partial charge is 0.313 e. The van der Waals surface area contributed by atoms with Gasteiger partial charge < -0.3 is 19.7 Å². The van der Waals surface area contributed by atoms with E-state index in [2.05, 4.69) is 0 Å². The van der Waals surface area contributed by atoms with E-state index in [1.54, 1.807) is 14.0 Å². The minimum atomic E-state index is -0.875. The molecular weight excluding hydrogens is 284 g/mol. The number of aliphatic hydroxyl groups is 2. The zero-order valence-electron chi connectivity index (χ0n) is 12.7. The fraction of sp³-hybridized carbons (Fsp3) is 0.353. The van der Waals surface area contributed by atoms with Gasteiger partial charge in [-0.2, -0.15) is 0 Å². The number of hydrogen-bond donors (Lipinski definition) is 2. The van der Waals surface area contributed by atoms with Crippen LogP contribution in [0.15, 0.2) is 36.4 Å². The summed E-state index contributed by atoms with van der Waals surface area (Å²) in [5.74, 6) is -0.172. The molecule has 0 aliphatic heterocycles. The van der Waals surface area contributed by atoms with Crippen LogP contribution in [0.1, 0.15) is 18.4 Å². The number of aliphatic hydroxyl groups excluding tert-OH is 2. The van der Waals surface area contributed by atoms with Crippen molar-refractivity contribution in [3.8, 4) is 5.75 Å². The quantitative estimate of drug-likeness (QED) is 0.797. The molecule has 2 rings (SSSR count). The number of methoxy groups -OCH3 is 1. The number of rotatable bonds is 6. The fourth-order valence-electron chi connectivity index (χ4n) is 2.17. The number of benzene rings is 2. The van der Waals surface area contributed by atoms with Gasteiger partial charge in [0, 0.05) is 0 Å². The Labute approximate surface area is 129 Å². The highest BCUT2D eigenvalue weighted by molar-refractivity contribution is 5.86. The molecule has 0 fully saturated rings. The van der Waals surface area contributed by atoms with E-state index in [9.17, 15) is 4.79 Å². The Kier molecular flexibility index (Phi) is 5.35. The molecule has 0 amide bonds. The van der Waals surface area contributed by atoms with Crippen molar-refractivity contribution >= 4 is 16.7 Å². The maximum atomic E-state index is 12.0. The van der Waals surface area contributed by atoms with Crippen molar-refractivity contribution in [3.05, 3.63) is 42.0 Å². The lowest BCUT2D eigenvalue weighted by molar-refractivity contribution is -0.154. The van der Waals surface area contributed by atoms with Crippen molar-refractivity contribution in [1.82, 2.24) is 0 Å². The van der Waals surface area contributed by atoms with Gasteiger partial charge in [0.2, 0.25) is 0 Å². The number of carbonyl (C=O) groups is 1. The monoisotopic (exact) mass is 304 g/mol. The summed E-state index contributed by atoms with van der Waals surface area (Å²) in [6.07, 6.45) is -0.875. The summed E-state index contributed by atoms with van der Waals surface area (Å²) >= 11 is 0. The zero-order valence-corrected chi connectivity index (χ0v) is 12.7. The molecule has 0 heterocycles. The molecule has 0 saturated heterocycles. The highest BCUT2D eigenvalue weighted by atomic mass is 16.6. The Bertz CT molecular complexity index is 649. The minimum Gasteiger partial charge on any atom is -0.497 e. The maximum Gasteiger partial charge on any atom is 0.313 e. The largest absolute Gasteiger partial charge is 0.497 e. The Balaban J connectivity index is 2.21. The molecule has 0 aliphatic rings. The van der Waals surface area contributed by atoms with Crippen LogP contribution in [-0.4, -0.2) is 42.6 Å². The topological polar surface area (TPSA) is 76.0 Å². The van der Waals surface area contributed by atoms with Gasteiger partial charge in [-0.15, -0.1) is 0 Å². The predicted octanol–water partition coefficient (Wildman–Crippen LogP) is 1.85. The Morgan fingerprint density at radius 2 is 1.73 bits per heavy atom. The van der Waals surface area contributed by atoms with Crippen LogP contribution in [0.3, 0.4) is 0 Å². The molecule has 0 saturated carbocycles. The summed E-state index contributed by atoms with van der Waals surface area (Å²) in [6, 6.07) is 11.4. The van der Waals surface area contributed by atoms with E-state index in [0.717, 1.165) is 22.1 Å². The van der Waals surface area contributed by atoms with Crippen molar-refractivity contribution in [2.45, 2.75) is 18.9 Å². The summed E-state index contributed by atoms with van der Waals surface area (Å²) in [7, 11) is 1.62. The zero-order chi connectivity index (χ0) is 16.1. The van der Waals surface area contributed by atoms with Crippen LogP contribution < -0.4 is 4.74 Å². The summed E-state index contributed by atoms with van der Waals surface area (Å²) in [6.45, 7) is 0.942. The highest BCUT2D eigenvalue weighted by Gasteiger charge is 2.20. The predicted molar refractivity (Wildman–Crippen MR) is 83.0 cm³/mol. The van der Waals surface area contributed by atoms with E-state index in [1.165, 1.54) is 0 Å². The van der Waals surface area contributed by atoms with Gasteiger partial charge in [0.25, 0.3) is 0 Å². The molecule has 2 aromatic rings. The Hall–Kier alpha value is -2.11. The second-order valence-corrected chi connectivity index (χ2v) is 5.12. The number of carbonyl (C=O) groups excluding carboxylic acids is 1. The lowest BCUT2D eigenvalue weighted by Gasteiger charge is -2.17. The molecule has 5 nitrogen and oxygen atoms in total. The molecule has 2 aromatic carbocycles. The van der Waals surface area contributed by atoms with Crippen LogP contribution in [0.5, 0.6) is 5.75 Å². The first-order valence-electron chi connectivity index (χ1n) is 7.09. The van der Waals surface area contributed by atoms with E-state index in [0.29, 0.717) is 0 Å². The molecule has 0 spiro atoms. The van der Waals surface area contributed by atoms with Crippen LogP contribution in [0.4, 0.5) is 0 Å². The molecule has 0 unspecified atom stereocenters. The summed E-state index contributed by atoms with van der Waals surface area (Å²) in [5.41, 5.74) is 0.817. The van der Waals surface area contributed by atoms with Gasteiger partial charge in [-0.25, -0.2) is 0 Å². The van der Waals surface area contributed by atoms with Crippen molar-refractivity contribution in [2.75, 3.05) is 20.3 Å². The van der Waals surface area contributed by atoms with Gasteiger partial charge in [-0.1, -0.05) is 24.3 Å². The van der Waals surface area contributed by atoms with Crippen LogP contribution in [0.2, 0.25) is 0 Å². The molecule has 118 valence electrons. The number of fused-ring (bicyclic) bond motifs is 1. The molecule has 0 bridgehead atoms. The molecule has 22 heavy (non-hydrogen) atoms. The molecule has 5 heteroatoms. The van der Waals surface area contributed by atoms with Crippen LogP contribution in [-0.2, 0) is 9.53 Å². The average Bonchev–Trinajstić information content (AvgIpc) is 2.57. The standard InChI is InChI=1S/C17H20O5/c1-11(17(20)22-16(9-18)10-19)12-3-4-14-8-15(21-2)6-5-13(14)7-12/h3-8,11,16,18-19H,9-10H2,1-2H3/t11-/m0/s1. The van der Waals surface area contributed by atoms with Gasteiger partial charge in [-0.3, -0.25) is 4.79 Å². The van der Waals surface area contributed by atoms with E-state index >= 15 is 0 Å². The van der Waals surface area contributed by atoms with Gasteiger partial charge >= 0.3 is 5.97 Å². The Morgan fingerprint density at radius 3 is 2.36 bits per heavy atom. The van der Waals surface area contributed by atoms with Gasteiger partial charge in [0.05, 0.1) is 26.2 Å². The van der Waals surface area contributed by atoms with Crippen LogP contribution >= 0.6 is 0 Å². The maximum absolute atomic E-state index is 12.0. The highest BCUT2D eigenvalue weighted by Crippen LogP contribution is 2.25. The fourth-order valence-corrected chi connectivity index (χ4v) is 2.17. The molecular formula is C17H20O5. The lowest BCUT2D eigenvalue weighted by Crippen LogP contribution is -2.27. The van der Waals surface area contributed by atoms with Gasteiger partial charge in [0.1, 0.15) is 11.9 Å². The van der Waals surface area contributed by atoms with Crippen molar-refractivity contribution < 1.29 is 24.5 Å². The lowest BCUT2D eigenvalue weighted by atomic mass is 9.98. The van der Waals surface area contributed by atoms with E-state index in [-0.39, 0.29) is 0 Å². The van der Waals surface area contributed by atoms with E-state index in [4.69, 9.17) is 19.7 Å². The molecule has 0 aromatic heterocycles. The third kappa shape index (κ3) is 3.55. The number of hydrogen-bond acceptors (Lipinski definition) is 5. The first-order chi connectivity index (χ1) is 10.6. The van der Waals surface area contributed by atoms with Crippen molar-refractivity contribution in [3.63, 3.8) is 0 Å². The normalized spacial score (nSPS) is 12.4. The molecule has 1 atom stereocenters.